The molecule has 7 heteroatoms. The van der Waals surface area contributed by atoms with E-state index in [1.54, 1.807) is 6.07 Å². The second-order valence-electron chi connectivity index (χ2n) is 5.67. The van der Waals surface area contributed by atoms with Gasteiger partial charge in [0.15, 0.2) is 0 Å². The SMILES string of the molecule is NC(=O)N1CCC[C@H]1C(=O)Nc1ccc2c(c1F)CCNC2. The zero-order chi connectivity index (χ0) is 15.7. The van der Waals surface area contributed by atoms with Gasteiger partial charge in [0, 0.05) is 13.1 Å². The number of likely N-dealkylation sites (tertiary alicyclic amines) is 1. The van der Waals surface area contributed by atoms with Crippen LogP contribution in [-0.4, -0.2) is 36.0 Å². The number of anilines is 1. The first-order valence-electron chi connectivity index (χ1n) is 7.46. The molecule has 6 nitrogen and oxygen atoms in total. The second kappa shape index (κ2) is 5.92. The minimum absolute atomic E-state index is 0.168. The lowest BCUT2D eigenvalue weighted by Crippen LogP contribution is -2.45. The summed E-state index contributed by atoms with van der Waals surface area (Å²) in [5.74, 6) is -0.764. The summed E-state index contributed by atoms with van der Waals surface area (Å²) in [7, 11) is 0. The van der Waals surface area contributed by atoms with Gasteiger partial charge in [-0.05, 0) is 43.0 Å². The zero-order valence-corrected chi connectivity index (χ0v) is 12.2. The zero-order valence-electron chi connectivity index (χ0n) is 12.2. The highest BCUT2D eigenvalue weighted by Gasteiger charge is 2.33. The molecule has 3 amide bonds. The Morgan fingerprint density at radius 1 is 1.41 bits per heavy atom. The van der Waals surface area contributed by atoms with E-state index >= 15 is 0 Å². The van der Waals surface area contributed by atoms with Crippen molar-refractivity contribution in [2.24, 2.45) is 5.73 Å². The molecule has 22 heavy (non-hydrogen) atoms. The molecule has 1 fully saturated rings. The summed E-state index contributed by atoms with van der Waals surface area (Å²) in [6.45, 7) is 1.82. The lowest BCUT2D eigenvalue weighted by Gasteiger charge is -2.23. The van der Waals surface area contributed by atoms with Gasteiger partial charge in [-0.3, -0.25) is 4.79 Å². The van der Waals surface area contributed by atoms with Crippen molar-refractivity contribution in [3.8, 4) is 0 Å². The summed E-state index contributed by atoms with van der Waals surface area (Å²) >= 11 is 0. The van der Waals surface area contributed by atoms with Crippen LogP contribution < -0.4 is 16.4 Å². The molecule has 4 N–H and O–H groups in total. The third kappa shape index (κ3) is 2.64. The number of carbonyl (C=O) groups excluding carboxylic acids is 2. The van der Waals surface area contributed by atoms with E-state index in [2.05, 4.69) is 10.6 Å². The van der Waals surface area contributed by atoms with Gasteiger partial charge in [0.2, 0.25) is 5.91 Å². The van der Waals surface area contributed by atoms with E-state index in [0.717, 1.165) is 18.5 Å². The van der Waals surface area contributed by atoms with Crippen LogP contribution in [0.25, 0.3) is 0 Å². The molecular weight excluding hydrogens is 287 g/mol. The van der Waals surface area contributed by atoms with Crippen LogP contribution in [0.5, 0.6) is 0 Å². The Kier molecular flexibility index (Phi) is 3.98. The van der Waals surface area contributed by atoms with Crippen LogP contribution in [0, 0.1) is 5.82 Å². The third-order valence-corrected chi connectivity index (χ3v) is 4.30. The topological polar surface area (TPSA) is 87.5 Å². The van der Waals surface area contributed by atoms with Crippen molar-refractivity contribution >= 4 is 17.6 Å². The van der Waals surface area contributed by atoms with Gasteiger partial charge in [-0.15, -0.1) is 0 Å². The van der Waals surface area contributed by atoms with E-state index in [1.165, 1.54) is 4.90 Å². The Morgan fingerprint density at radius 2 is 2.23 bits per heavy atom. The Balaban J connectivity index is 1.78. The summed E-state index contributed by atoms with van der Waals surface area (Å²) < 4.78 is 14.5. The normalized spacial score (nSPS) is 20.6. The predicted molar refractivity (Wildman–Crippen MR) is 79.8 cm³/mol. The number of amides is 3. The maximum Gasteiger partial charge on any atom is 0.315 e. The second-order valence-corrected chi connectivity index (χ2v) is 5.67. The number of hydrogen-bond donors (Lipinski definition) is 3. The fraction of sp³-hybridized carbons (Fsp3) is 0.467. The molecule has 118 valence electrons. The average molecular weight is 306 g/mol. The van der Waals surface area contributed by atoms with Gasteiger partial charge in [0.05, 0.1) is 5.69 Å². The molecule has 0 spiro atoms. The number of nitrogens with zero attached hydrogens (tertiary/aromatic N) is 1. The maximum atomic E-state index is 14.5. The Morgan fingerprint density at radius 3 is 3.00 bits per heavy atom. The lowest BCUT2D eigenvalue weighted by atomic mass is 9.99. The van der Waals surface area contributed by atoms with E-state index in [9.17, 15) is 14.0 Å². The number of nitrogens with one attached hydrogen (secondary N) is 2. The van der Waals surface area contributed by atoms with Crippen molar-refractivity contribution in [2.75, 3.05) is 18.4 Å². The van der Waals surface area contributed by atoms with Crippen LogP contribution in [0.4, 0.5) is 14.9 Å². The van der Waals surface area contributed by atoms with Crippen LogP contribution in [0.1, 0.15) is 24.0 Å². The standard InChI is InChI=1S/C15H19FN4O2/c16-13-10-5-6-18-8-9(10)3-4-11(13)19-14(21)12-2-1-7-20(12)15(17)22/h3-4,12,18H,1-2,5-8H2,(H2,17,22)(H,19,21)/t12-/m0/s1. The van der Waals surface area contributed by atoms with Gasteiger partial charge in [-0.2, -0.15) is 0 Å². The van der Waals surface area contributed by atoms with Crippen molar-refractivity contribution in [1.29, 1.82) is 0 Å². The summed E-state index contributed by atoms with van der Waals surface area (Å²) in [5.41, 5.74) is 7.00. The number of halogens is 1. The molecule has 2 aliphatic rings. The van der Waals surface area contributed by atoms with E-state index in [4.69, 9.17) is 5.73 Å². The first kappa shape index (κ1) is 14.8. The molecule has 0 saturated carbocycles. The van der Waals surface area contributed by atoms with Crippen molar-refractivity contribution in [3.05, 3.63) is 29.1 Å². The summed E-state index contributed by atoms with van der Waals surface area (Å²) in [5, 5.41) is 5.78. The summed E-state index contributed by atoms with van der Waals surface area (Å²) in [6, 6.07) is 2.16. The third-order valence-electron chi connectivity index (χ3n) is 4.30. The van der Waals surface area contributed by atoms with E-state index in [0.29, 0.717) is 31.5 Å². The minimum atomic E-state index is -0.616. The van der Waals surface area contributed by atoms with Crippen molar-refractivity contribution in [2.45, 2.75) is 31.8 Å². The molecule has 1 atom stereocenters. The fourth-order valence-corrected chi connectivity index (χ4v) is 3.15. The number of primary amides is 1. The van der Waals surface area contributed by atoms with Crippen molar-refractivity contribution in [3.63, 3.8) is 0 Å². The van der Waals surface area contributed by atoms with Crippen molar-refractivity contribution < 1.29 is 14.0 Å². The van der Waals surface area contributed by atoms with Crippen LogP contribution in [0.3, 0.4) is 0 Å². The van der Waals surface area contributed by atoms with Gasteiger partial charge in [-0.25, -0.2) is 9.18 Å². The highest BCUT2D eigenvalue weighted by Crippen LogP contribution is 2.26. The number of urea groups is 1. The summed E-state index contributed by atoms with van der Waals surface area (Å²) in [4.78, 5) is 25.0. The monoisotopic (exact) mass is 306 g/mol. The lowest BCUT2D eigenvalue weighted by molar-refractivity contribution is -0.119. The average Bonchev–Trinajstić information content (AvgIpc) is 3.00. The van der Waals surface area contributed by atoms with Gasteiger partial charge in [0.25, 0.3) is 0 Å². The number of benzene rings is 1. The molecule has 2 aliphatic heterocycles. The number of carbonyl (C=O) groups is 2. The van der Waals surface area contributed by atoms with Crippen LogP contribution in [-0.2, 0) is 17.8 Å². The molecule has 0 aliphatic carbocycles. The van der Waals surface area contributed by atoms with Gasteiger partial charge in [-0.1, -0.05) is 6.07 Å². The molecular formula is C15H19FN4O2. The molecule has 1 aromatic rings. The Bertz CT molecular complexity index is 620. The molecule has 0 bridgehead atoms. The first-order chi connectivity index (χ1) is 10.6. The number of rotatable bonds is 2. The molecule has 0 unspecified atom stereocenters. The maximum absolute atomic E-state index is 14.5. The molecule has 0 aromatic heterocycles. The molecule has 1 saturated heterocycles. The van der Waals surface area contributed by atoms with Gasteiger partial charge in [0.1, 0.15) is 11.9 Å². The number of hydrogen-bond acceptors (Lipinski definition) is 3. The van der Waals surface area contributed by atoms with E-state index in [-0.39, 0.29) is 17.4 Å². The van der Waals surface area contributed by atoms with Gasteiger partial charge >= 0.3 is 6.03 Å². The molecule has 2 heterocycles. The first-order valence-corrected chi connectivity index (χ1v) is 7.46. The highest BCUT2D eigenvalue weighted by molar-refractivity contribution is 5.97. The van der Waals surface area contributed by atoms with Crippen molar-refractivity contribution in [1.82, 2.24) is 10.2 Å². The molecule has 3 rings (SSSR count). The summed E-state index contributed by atoms with van der Waals surface area (Å²) in [6.07, 6.45) is 1.87. The van der Waals surface area contributed by atoms with Crippen LogP contribution in [0.15, 0.2) is 12.1 Å². The van der Waals surface area contributed by atoms with Crippen LogP contribution >= 0.6 is 0 Å². The predicted octanol–water partition coefficient (Wildman–Crippen LogP) is 0.953. The largest absolute Gasteiger partial charge is 0.351 e. The Hall–Kier alpha value is -2.15. The van der Waals surface area contributed by atoms with E-state index in [1.807, 2.05) is 6.07 Å². The minimum Gasteiger partial charge on any atom is -0.351 e. The van der Waals surface area contributed by atoms with E-state index < -0.39 is 12.1 Å². The smallest absolute Gasteiger partial charge is 0.315 e. The molecule has 0 radical (unpaired) electrons. The number of fused-ring (bicyclic) bond motifs is 1. The number of nitrogens with two attached hydrogens (primary N) is 1. The van der Waals surface area contributed by atoms with Crippen LogP contribution in [0.2, 0.25) is 0 Å². The van der Waals surface area contributed by atoms with Gasteiger partial charge < -0.3 is 21.3 Å². The highest BCUT2D eigenvalue weighted by atomic mass is 19.1. The quantitative estimate of drug-likeness (QED) is 0.760. The molecule has 1 aromatic carbocycles. The Labute approximate surface area is 127 Å². The fourth-order valence-electron chi connectivity index (χ4n) is 3.15.